The van der Waals surface area contributed by atoms with Gasteiger partial charge in [0.1, 0.15) is 0 Å². The van der Waals surface area contributed by atoms with Gasteiger partial charge in [-0.2, -0.15) is 0 Å². The molecule has 0 unspecified atom stereocenters. The van der Waals surface area contributed by atoms with E-state index in [1.807, 2.05) is 0 Å². The minimum Gasteiger partial charge on any atom is -0.381 e. The van der Waals surface area contributed by atoms with Crippen molar-refractivity contribution in [2.24, 2.45) is 4.99 Å². The zero-order valence-corrected chi connectivity index (χ0v) is 19.0. The lowest BCUT2D eigenvalue weighted by Gasteiger charge is -2.35. The summed E-state index contributed by atoms with van der Waals surface area (Å²) in [5.41, 5.74) is 0. The topological polar surface area (TPSA) is 79.8 Å². The van der Waals surface area contributed by atoms with Gasteiger partial charge in [0.15, 0.2) is 15.8 Å². The standard InChI is InChI=1S/C16H27N3O3S2.HI/c1-4-13-5-6-14(23-13)11-18-15(17-2)19-12-16(24(3,20)21)7-9-22-10-8-16;/h5-6H,4,7-12H2,1-3H3,(H2,17,18,19);1H. The zero-order valence-electron chi connectivity index (χ0n) is 15.0. The number of aryl methyl sites for hydroxylation is 1. The summed E-state index contributed by atoms with van der Waals surface area (Å²) in [4.78, 5) is 6.79. The predicted octanol–water partition coefficient (Wildman–Crippen LogP) is 2.19. The number of thiophene rings is 1. The van der Waals surface area contributed by atoms with Crippen molar-refractivity contribution >= 4 is 51.1 Å². The second-order valence-electron chi connectivity index (χ2n) is 6.07. The van der Waals surface area contributed by atoms with Crippen LogP contribution in [0.5, 0.6) is 0 Å². The van der Waals surface area contributed by atoms with Crippen molar-refractivity contribution in [3.63, 3.8) is 0 Å². The van der Waals surface area contributed by atoms with E-state index in [1.54, 1.807) is 18.4 Å². The number of halogens is 1. The number of rotatable bonds is 6. The molecule has 25 heavy (non-hydrogen) atoms. The quantitative estimate of drug-likeness (QED) is 0.355. The highest BCUT2D eigenvalue weighted by atomic mass is 127. The highest BCUT2D eigenvalue weighted by Gasteiger charge is 2.42. The average molecular weight is 501 g/mol. The van der Waals surface area contributed by atoms with Crippen LogP contribution in [-0.4, -0.2) is 52.2 Å². The summed E-state index contributed by atoms with van der Waals surface area (Å²) in [5.74, 6) is 0.621. The first-order chi connectivity index (χ1) is 11.4. The van der Waals surface area contributed by atoms with Gasteiger partial charge in [-0.15, -0.1) is 35.3 Å². The van der Waals surface area contributed by atoms with Crippen molar-refractivity contribution in [1.29, 1.82) is 0 Å². The fourth-order valence-corrected chi connectivity index (χ4v) is 4.91. The fraction of sp³-hybridized carbons (Fsp3) is 0.688. The highest BCUT2D eigenvalue weighted by molar-refractivity contribution is 14.0. The molecule has 0 spiro atoms. The second kappa shape index (κ2) is 10.1. The van der Waals surface area contributed by atoms with E-state index in [1.165, 1.54) is 16.0 Å². The van der Waals surface area contributed by atoms with Crippen LogP contribution in [0.1, 0.15) is 29.5 Å². The van der Waals surface area contributed by atoms with Crippen molar-refractivity contribution in [2.75, 3.05) is 33.1 Å². The van der Waals surface area contributed by atoms with Crippen molar-refractivity contribution in [1.82, 2.24) is 10.6 Å². The first-order valence-corrected chi connectivity index (χ1v) is 10.9. The molecule has 0 aromatic carbocycles. The molecule has 1 aromatic heterocycles. The number of ether oxygens (including phenoxy) is 1. The maximum atomic E-state index is 12.3. The molecule has 1 saturated heterocycles. The molecule has 0 radical (unpaired) electrons. The van der Waals surface area contributed by atoms with E-state index >= 15 is 0 Å². The monoisotopic (exact) mass is 501 g/mol. The van der Waals surface area contributed by atoms with Gasteiger partial charge in [0.2, 0.25) is 0 Å². The molecule has 0 amide bonds. The lowest BCUT2D eigenvalue weighted by molar-refractivity contribution is 0.0756. The molecule has 9 heteroatoms. The largest absolute Gasteiger partial charge is 0.381 e. The lowest BCUT2D eigenvalue weighted by atomic mass is 9.99. The predicted molar refractivity (Wildman–Crippen MR) is 115 cm³/mol. The SMILES string of the molecule is CCc1ccc(CNC(=NC)NCC2(S(C)(=O)=O)CCOCC2)s1.I. The number of aliphatic imine (C=N–C) groups is 1. The molecule has 1 fully saturated rings. The van der Waals surface area contributed by atoms with Gasteiger partial charge in [-0.25, -0.2) is 8.42 Å². The van der Waals surface area contributed by atoms with Crippen LogP contribution in [0.15, 0.2) is 17.1 Å². The molecule has 1 aliphatic rings. The molecule has 2 heterocycles. The molecule has 0 saturated carbocycles. The summed E-state index contributed by atoms with van der Waals surface area (Å²) in [6.07, 6.45) is 3.38. The van der Waals surface area contributed by atoms with Crippen LogP contribution in [0.25, 0.3) is 0 Å². The molecule has 1 aromatic rings. The van der Waals surface area contributed by atoms with Crippen molar-refractivity contribution in [3.05, 3.63) is 21.9 Å². The van der Waals surface area contributed by atoms with Crippen molar-refractivity contribution in [3.8, 4) is 0 Å². The zero-order chi connectivity index (χ0) is 17.6. The maximum absolute atomic E-state index is 12.3. The van der Waals surface area contributed by atoms with Crippen LogP contribution >= 0.6 is 35.3 Å². The Morgan fingerprint density at radius 3 is 2.44 bits per heavy atom. The van der Waals surface area contributed by atoms with E-state index in [0.717, 1.165) is 6.42 Å². The van der Waals surface area contributed by atoms with E-state index < -0.39 is 14.6 Å². The summed E-state index contributed by atoms with van der Waals surface area (Å²) in [6, 6.07) is 4.25. The summed E-state index contributed by atoms with van der Waals surface area (Å²) in [7, 11) is -1.49. The number of hydrogen-bond donors (Lipinski definition) is 2. The Bertz CT molecular complexity index is 668. The summed E-state index contributed by atoms with van der Waals surface area (Å²) in [5, 5.41) is 6.44. The molecule has 2 N–H and O–H groups in total. The van der Waals surface area contributed by atoms with Crippen LogP contribution in [0, 0.1) is 0 Å². The van der Waals surface area contributed by atoms with Gasteiger partial charge in [-0.1, -0.05) is 6.92 Å². The molecule has 144 valence electrons. The smallest absolute Gasteiger partial charge is 0.191 e. The van der Waals surface area contributed by atoms with Gasteiger partial charge in [0, 0.05) is 42.8 Å². The summed E-state index contributed by atoms with van der Waals surface area (Å²) in [6.45, 7) is 4.13. The van der Waals surface area contributed by atoms with Crippen LogP contribution < -0.4 is 10.6 Å². The van der Waals surface area contributed by atoms with Crippen molar-refractivity contribution in [2.45, 2.75) is 37.5 Å². The Morgan fingerprint density at radius 1 is 1.28 bits per heavy atom. The Morgan fingerprint density at radius 2 is 1.92 bits per heavy atom. The first kappa shape index (κ1) is 22.7. The first-order valence-electron chi connectivity index (χ1n) is 8.19. The Labute approximate surface area is 171 Å². The molecule has 0 aliphatic carbocycles. The van der Waals surface area contributed by atoms with Gasteiger partial charge in [-0.05, 0) is 31.4 Å². The van der Waals surface area contributed by atoms with Gasteiger partial charge in [-0.3, -0.25) is 4.99 Å². The Kier molecular flexibility index (Phi) is 9.13. The van der Waals surface area contributed by atoms with Gasteiger partial charge >= 0.3 is 0 Å². The molecule has 6 nitrogen and oxygen atoms in total. The fourth-order valence-electron chi connectivity index (χ4n) is 2.77. The van der Waals surface area contributed by atoms with Crippen LogP contribution in [0.2, 0.25) is 0 Å². The van der Waals surface area contributed by atoms with Gasteiger partial charge < -0.3 is 15.4 Å². The maximum Gasteiger partial charge on any atom is 0.191 e. The third-order valence-electron chi connectivity index (χ3n) is 4.49. The van der Waals surface area contributed by atoms with Crippen LogP contribution in [-0.2, 0) is 27.5 Å². The van der Waals surface area contributed by atoms with E-state index in [9.17, 15) is 8.42 Å². The Hall–Kier alpha value is -0.390. The van der Waals surface area contributed by atoms with Crippen LogP contribution in [0.4, 0.5) is 0 Å². The highest BCUT2D eigenvalue weighted by Crippen LogP contribution is 2.28. The summed E-state index contributed by atoms with van der Waals surface area (Å²) < 4.78 is 29.1. The molecular formula is C16H28IN3O3S2. The van der Waals surface area contributed by atoms with Crippen molar-refractivity contribution < 1.29 is 13.2 Å². The third-order valence-corrected chi connectivity index (χ3v) is 7.84. The lowest BCUT2D eigenvalue weighted by Crippen LogP contribution is -2.53. The molecule has 1 aliphatic heterocycles. The van der Waals surface area contributed by atoms with E-state index in [4.69, 9.17) is 4.74 Å². The molecule has 2 rings (SSSR count). The number of nitrogens with one attached hydrogen (secondary N) is 2. The normalized spacial score (nSPS) is 17.6. The third kappa shape index (κ3) is 6.07. The van der Waals surface area contributed by atoms with Crippen LogP contribution in [0.3, 0.4) is 0 Å². The molecule has 0 bridgehead atoms. The second-order valence-corrected chi connectivity index (χ2v) is 9.73. The molecular weight excluding hydrogens is 473 g/mol. The molecule has 0 atom stereocenters. The van der Waals surface area contributed by atoms with E-state index in [-0.39, 0.29) is 24.0 Å². The van der Waals surface area contributed by atoms with Gasteiger partial charge in [0.25, 0.3) is 0 Å². The number of hydrogen-bond acceptors (Lipinski definition) is 5. The average Bonchev–Trinajstić information content (AvgIpc) is 3.03. The number of sulfone groups is 1. The minimum absolute atomic E-state index is 0. The number of nitrogens with zero attached hydrogens (tertiary/aromatic N) is 1. The van der Waals surface area contributed by atoms with Gasteiger partial charge in [0.05, 0.1) is 11.3 Å². The Balaban J connectivity index is 0.00000312. The van der Waals surface area contributed by atoms with E-state index in [0.29, 0.717) is 45.1 Å². The number of guanidine groups is 1. The summed E-state index contributed by atoms with van der Waals surface area (Å²) >= 11 is 1.78. The minimum atomic E-state index is -3.18. The van der Waals surface area contributed by atoms with E-state index in [2.05, 4.69) is 34.7 Å².